The van der Waals surface area contributed by atoms with Gasteiger partial charge in [-0.25, -0.2) is 0 Å². The summed E-state index contributed by atoms with van der Waals surface area (Å²) in [5.41, 5.74) is 4.78. The number of fused-ring (bicyclic) bond motifs is 1. The third-order valence-electron chi connectivity index (χ3n) is 4.62. The van der Waals surface area contributed by atoms with Crippen LogP contribution in [0.25, 0.3) is 0 Å². The van der Waals surface area contributed by atoms with Crippen LogP contribution in [0, 0.1) is 0 Å². The fourth-order valence-electron chi connectivity index (χ4n) is 3.38. The Kier molecular flexibility index (Phi) is 6.07. The fraction of sp³-hybridized carbons (Fsp3) is 0.200. The van der Waals surface area contributed by atoms with E-state index in [0.29, 0.717) is 5.02 Å². The normalized spacial score (nSPS) is 17.0. The first-order chi connectivity index (χ1) is 13.0. The largest absolute Gasteiger partial charge is 0.325 e. The molecule has 0 spiro atoms. The summed E-state index contributed by atoms with van der Waals surface area (Å²) in [5, 5.41) is 1.45. The van der Waals surface area contributed by atoms with Crippen LogP contribution in [0.3, 0.4) is 0 Å². The molecular weight excluding hydrogens is 483 g/mol. The summed E-state index contributed by atoms with van der Waals surface area (Å²) >= 11 is 19.6. The third-order valence-corrected chi connectivity index (χ3v) is 7.77. The highest BCUT2D eigenvalue weighted by atomic mass is 79.9. The Morgan fingerprint density at radius 3 is 2.63 bits per heavy atom. The first-order valence-electron chi connectivity index (χ1n) is 8.44. The number of nitrogens with zero attached hydrogens (tertiary/aromatic N) is 1. The standard InChI is InChI=1S/C20H17BrCl2N2S2/c1-25-10-16(15-8-13(22)9-18(23)17(15)11-25)12-2-4-14(5-3-12)24-27-20-7-6-19(21)26-20/h2-9,16,24H,10-11H2,1H3. The molecule has 0 saturated heterocycles. The molecule has 1 aliphatic rings. The molecule has 7 heteroatoms. The van der Waals surface area contributed by atoms with E-state index in [1.54, 1.807) is 23.3 Å². The molecule has 3 aromatic rings. The Bertz CT molecular complexity index is 959. The van der Waals surface area contributed by atoms with Crippen molar-refractivity contribution in [3.8, 4) is 0 Å². The van der Waals surface area contributed by atoms with E-state index < -0.39 is 0 Å². The number of hydrogen-bond donors (Lipinski definition) is 1. The Balaban J connectivity index is 1.55. The SMILES string of the molecule is CN1Cc2c(Cl)cc(Cl)cc2C(c2ccc(NSc3ccc(Br)s3)cc2)C1. The van der Waals surface area contributed by atoms with Crippen LogP contribution in [0.15, 0.2) is 56.5 Å². The number of hydrogen-bond acceptors (Lipinski definition) is 4. The van der Waals surface area contributed by atoms with Crippen LogP contribution in [0.5, 0.6) is 0 Å². The maximum Gasteiger partial charge on any atom is 0.0820 e. The number of halogens is 3. The highest BCUT2D eigenvalue weighted by Gasteiger charge is 2.27. The lowest BCUT2D eigenvalue weighted by atomic mass is 9.85. The first kappa shape index (κ1) is 19.6. The highest BCUT2D eigenvalue weighted by Crippen LogP contribution is 2.39. The lowest BCUT2D eigenvalue weighted by Crippen LogP contribution is -2.31. The van der Waals surface area contributed by atoms with Crippen LogP contribution in [0.4, 0.5) is 5.69 Å². The van der Waals surface area contributed by atoms with Crippen molar-refractivity contribution in [2.75, 3.05) is 18.3 Å². The van der Waals surface area contributed by atoms with Gasteiger partial charge in [0.2, 0.25) is 0 Å². The molecule has 1 atom stereocenters. The maximum absolute atomic E-state index is 6.47. The van der Waals surface area contributed by atoms with E-state index in [1.165, 1.54) is 20.9 Å². The van der Waals surface area contributed by atoms with Crippen molar-refractivity contribution in [3.63, 3.8) is 0 Å². The molecule has 140 valence electrons. The van der Waals surface area contributed by atoms with Crippen molar-refractivity contribution in [1.29, 1.82) is 0 Å². The molecular formula is C20H17BrCl2N2S2. The zero-order valence-corrected chi connectivity index (χ0v) is 19.2. The molecule has 1 aliphatic heterocycles. The van der Waals surface area contributed by atoms with Gasteiger partial charge < -0.3 is 9.62 Å². The topological polar surface area (TPSA) is 15.3 Å². The van der Waals surface area contributed by atoms with Gasteiger partial charge in [0.05, 0.1) is 8.00 Å². The molecule has 1 aromatic heterocycles. The van der Waals surface area contributed by atoms with Crippen LogP contribution in [-0.2, 0) is 6.54 Å². The van der Waals surface area contributed by atoms with Gasteiger partial charge in [-0.05, 0) is 88.0 Å². The molecule has 0 bridgehead atoms. The molecule has 0 amide bonds. The van der Waals surface area contributed by atoms with E-state index in [4.69, 9.17) is 23.2 Å². The highest BCUT2D eigenvalue weighted by molar-refractivity contribution is 9.11. The average Bonchev–Trinajstić information content (AvgIpc) is 3.06. The molecule has 0 aliphatic carbocycles. The fourth-order valence-corrected chi connectivity index (χ4v) is 6.44. The summed E-state index contributed by atoms with van der Waals surface area (Å²) in [7, 11) is 2.13. The molecule has 1 N–H and O–H groups in total. The van der Waals surface area contributed by atoms with Crippen molar-refractivity contribution >= 4 is 68.1 Å². The summed E-state index contributed by atoms with van der Waals surface area (Å²) in [6.07, 6.45) is 0. The lowest BCUT2D eigenvalue weighted by Gasteiger charge is -2.33. The van der Waals surface area contributed by atoms with Crippen LogP contribution < -0.4 is 4.72 Å². The van der Waals surface area contributed by atoms with E-state index in [1.807, 2.05) is 6.07 Å². The Labute approximate surface area is 186 Å². The third kappa shape index (κ3) is 4.50. The van der Waals surface area contributed by atoms with Gasteiger partial charge in [-0.1, -0.05) is 35.3 Å². The average molecular weight is 500 g/mol. The second-order valence-corrected chi connectivity index (χ2v) is 11.0. The quantitative estimate of drug-likeness (QED) is 0.373. The number of benzene rings is 2. The predicted molar refractivity (Wildman–Crippen MR) is 123 cm³/mol. The van der Waals surface area contributed by atoms with E-state index in [-0.39, 0.29) is 5.92 Å². The van der Waals surface area contributed by atoms with Crippen LogP contribution in [-0.4, -0.2) is 18.5 Å². The van der Waals surface area contributed by atoms with Gasteiger partial charge >= 0.3 is 0 Å². The molecule has 1 unspecified atom stereocenters. The zero-order chi connectivity index (χ0) is 19.0. The van der Waals surface area contributed by atoms with Crippen molar-refractivity contribution in [3.05, 3.63) is 79.1 Å². The Morgan fingerprint density at radius 1 is 1.15 bits per heavy atom. The summed E-state index contributed by atoms with van der Waals surface area (Å²) in [5.74, 6) is 0.268. The molecule has 2 aromatic carbocycles. The van der Waals surface area contributed by atoms with Gasteiger partial charge in [-0.15, -0.1) is 11.3 Å². The Morgan fingerprint density at radius 2 is 1.93 bits per heavy atom. The molecule has 2 nitrogen and oxygen atoms in total. The van der Waals surface area contributed by atoms with E-state index in [2.05, 4.69) is 75.1 Å². The summed E-state index contributed by atoms with van der Waals surface area (Å²) < 4.78 is 5.76. The van der Waals surface area contributed by atoms with Gasteiger partial charge in [0, 0.05) is 34.7 Å². The van der Waals surface area contributed by atoms with Crippen molar-refractivity contribution in [2.24, 2.45) is 0 Å². The predicted octanol–water partition coefficient (Wildman–Crippen LogP) is 7.51. The van der Waals surface area contributed by atoms with E-state index in [9.17, 15) is 0 Å². The minimum atomic E-state index is 0.268. The van der Waals surface area contributed by atoms with Gasteiger partial charge in [0.25, 0.3) is 0 Å². The van der Waals surface area contributed by atoms with Crippen LogP contribution >= 0.6 is 62.4 Å². The molecule has 0 saturated carbocycles. The van der Waals surface area contributed by atoms with Gasteiger partial charge in [0.15, 0.2) is 0 Å². The van der Waals surface area contributed by atoms with Gasteiger partial charge in [-0.3, -0.25) is 0 Å². The van der Waals surface area contributed by atoms with Gasteiger partial charge in [0.1, 0.15) is 0 Å². The monoisotopic (exact) mass is 498 g/mol. The minimum absolute atomic E-state index is 0.268. The summed E-state index contributed by atoms with van der Waals surface area (Å²) in [4.78, 5) is 2.31. The molecule has 27 heavy (non-hydrogen) atoms. The Hall–Kier alpha value is -0.690. The second-order valence-electron chi connectivity index (χ2n) is 6.59. The molecule has 0 fully saturated rings. The number of nitrogens with one attached hydrogen (secondary N) is 1. The number of thiophene rings is 1. The van der Waals surface area contributed by atoms with Crippen LogP contribution in [0.2, 0.25) is 10.0 Å². The summed E-state index contributed by atoms with van der Waals surface area (Å²) in [6, 6.07) is 16.7. The smallest absolute Gasteiger partial charge is 0.0820 e. The van der Waals surface area contributed by atoms with Crippen molar-refractivity contribution in [1.82, 2.24) is 4.90 Å². The van der Waals surface area contributed by atoms with E-state index in [0.717, 1.165) is 27.6 Å². The van der Waals surface area contributed by atoms with Gasteiger partial charge in [-0.2, -0.15) is 0 Å². The number of rotatable bonds is 4. The zero-order valence-electron chi connectivity index (χ0n) is 14.5. The first-order valence-corrected chi connectivity index (χ1v) is 11.6. The lowest BCUT2D eigenvalue weighted by molar-refractivity contribution is 0.295. The van der Waals surface area contributed by atoms with E-state index >= 15 is 0 Å². The number of likely N-dealkylation sites (N-methyl/N-ethyl adjacent to an activating group) is 1. The molecule has 2 heterocycles. The van der Waals surface area contributed by atoms with Crippen molar-refractivity contribution < 1.29 is 0 Å². The second kappa shape index (κ2) is 8.36. The minimum Gasteiger partial charge on any atom is -0.325 e. The maximum atomic E-state index is 6.47. The molecule has 0 radical (unpaired) electrons. The molecule has 4 rings (SSSR count). The number of anilines is 1. The van der Waals surface area contributed by atoms with Crippen LogP contribution in [0.1, 0.15) is 22.6 Å². The summed E-state index contributed by atoms with van der Waals surface area (Å²) in [6.45, 7) is 1.81. The van der Waals surface area contributed by atoms with Crippen molar-refractivity contribution in [2.45, 2.75) is 16.7 Å².